The van der Waals surface area contributed by atoms with Crippen LogP contribution in [-0.4, -0.2) is 0 Å². The average molecular weight is 1210 g/mol. The first kappa shape index (κ1) is 55.4. The fourth-order valence-corrected chi connectivity index (χ4v) is 17.4. The first-order valence-electron chi connectivity index (χ1n) is 31.9. The van der Waals surface area contributed by atoms with Gasteiger partial charge in [0, 0.05) is 64.5 Å². The largest absolute Gasteiger partial charge is 0.309 e. The lowest BCUT2D eigenvalue weighted by Crippen LogP contribution is -2.14. The molecule has 0 saturated carbocycles. The van der Waals surface area contributed by atoms with Crippen LogP contribution in [0.15, 0.2) is 315 Å². The lowest BCUT2D eigenvalue weighted by Gasteiger charge is -2.26. The summed E-state index contributed by atoms with van der Waals surface area (Å²) >= 11 is 3.81. The van der Waals surface area contributed by atoms with Crippen molar-refractivity contribution in [1.82, 2.24) is 0 Å². The molecule has 2 aromatic heterocycles. The standard InChI is InChI=1S/C45H33NS.C43H31NS/c1-45(2)38-18-10-9-16-36(38)42-39(45)28-29-41-43(42)37-17-11-19-40(44(37)47-41)46(34-24-20-32(21-25-34)30-12-5-3-6-13-30)35-26-22-33(23-27-35)31-14-7-4-8-15-31;1-43(2)36-17-9-8-15-34(36)40-37(43)25-26-39-41(40)35-16-10-18-38(42(35)45-39)44(32-13-4-3-5-14-32)33-23-21-29(22-24-33)31-20-19-28-11-6-7-12-30(28)27-31/h3-29H,1-2H3;3-27H,1-2H3. The van der Waals surface area contributed by atoms with Crippen molar-refractivity contribution < 1.29 is 0 Å². The first-order chi connectivity index (χ1) is 45.2. The zero-order valence-electron chi connectivity index (χ0n) is 51.7. The monoisotopic (exact) mass is 1210 g/mol. The van der Waals surface area contributed by atoms with Gasteiger partial charge in [-0.15, -0.1) is 22.7 Å². The molecule has 18 rings (SSSR count). The van der Waals surface area contributed by atoms with Crippen LogP contribution in [-0.2, 0) is 10.8 Å². The molecule has 0 atom stereocenters. The fraction of sp³-hybridized carbons (Fsp3) is 0.0682. The van der Waals surface area contributed by atoms with Gasteiger partial charge in [-0.25, -0.2) is 0 Å². The molecule has 0 saturated heterocycles. The van der Waals surface area contributed by atoms with Crippen molar-refractivity contribution in [2.75, 3.05) is 9.80 Å². The molecule has 0 fully saturated rings. The van der Waals surface area contributed by atoms with Crippen molar-refractivity contribution >= 4 is 108 Å². The third-order valence-corrected chi connectivity index (χ3v) is 21.9. The van der Waals surface area contributed by atoms with Gasteiger partial charge in [0.2, 0.25) is 0 Å². The third-order valence-electron chi connectivity index (χ3n) is 19.5. The molecule has 4 heteroatoms. The zero-order chi connectivity index (χ0) is 61.7. The van der Waals surface area contributed by atoms with Gasteiger partial charge >= 0.3 is 0 Å². The molecule has 438 valence electrons. The van der Waals surface area contributed by atoms with Gasteiger partial charge in [-0.2, -0.15) is 0 Å². The van der Waals surface area contributed by atoms with E-state index in [1.54, 1.807) is 0 Å². The number of hydrogen-bond donors (Lipinski definition) is 0. The Morgan fingerprint density at radius 1 is 0.261 bits per heavy atom. The van der Waals surface area contributed by atoms with Crippen molar-refractivity contribution in [1.29, 1.82) is 0 Å². The van der Waals surface area contributed by atoms with Gasteiger partial charge in [0.15, 0.2) is 0 Å². The summed E-state index contributed by atoms with van der Waals surface area (Å²) in [5.41, 5.74) is 25.5. The molecule has 92 heavy (non-hydrogen) atoms. The second-order valence-electron chi connectivity index (χ2n) is 25.5. The highest BCUT2D eigenvalue weighted by Gasteiger charge is 2.39. The summed E-state index contributed by atoms with van der Waals surface area (Å²) in [6.45, 7) is 9.46. The number of para-hydroxylation sites is 1. The summed E-state index contributed by atoms with van der Waals surface area (Å²) in [5, 5.41) is 7.93. The van der Waals surface area contributed by atoms with Crippen molar-refractivity contribution in [2.24, 2.45) is 0 Å². The summed E-state index contributed by atoms with van der Waals surface area (Å²) in [6.07, 6.45) is 0. The Kier molecular flexibility index (Phi) is 13.3. The smallest absolute Gasteiger partial charge is 0.0640 e. The number of thiophene rings is 2. The molecule has 2 heterocycles. The normalized spacial score (nSPS) is 13.2. The second-order valence-corrected chi connectivity index (χ2v) is 27.6. The van der Waals surface area contributed by atoms with Crippen LogP contribution in [0.2, 0.25) is 0 Å². The molecule has 0 unspecified atom stereocenters. The number of fused-ring (bicyclic) bond motifs is 15. The Morgan fingerprint density at radius 3 is 1.08 bits per heavy atom. The summed E-state index contributed by atoms with van der Waals surface area (Å²) in [7, 11) is 0. The maximum atomic E-state index is 2.43. The predicted molar refractivity (Wildman–Crippen MR) is 397 cm³/mol. The van der Waals surface area contributed by atoms with Crippen LogP contribution in [0.5, 0.6) is 0 Å². The summed E-state index contributed by atoms with van der Waals surface area (Å²) in [6, 6.07) is 115. The summed E-state index contributed by atoms with van der Waals surface area (Å²) in [4.78, 5) is 4.85. The van der Waals surface area contributed by atoms with E-state index in [9.17, 15) is 0 Å². The number of hydrogen-bond acceptors (Lipinski definition) is 4. The minimum absolute atomic E-state index is 0.0190. The minimum Gasteiger partial charge on any atom is -0.309 e. The highest BCUT2D eigenvalue weighted by Crippen LogP contribution is 2.57. The molecule has 2 aliphatic carbocycles. The fourth-order valence-electron chi connectivity index (χ4n) is 15.0. The molecule has 0 aliphatic heterocycles. The molecular formula is C88H64N2S2. The van der Waals surface area contributed by atoms with Crippen LogP contribution in [0.25, 0.3) is 107 Å². The minimum atomic E-state index is -0.0287. The van der Waals surface area contributed by atoms with E-state index in [2.05, 4.69) is 353 Å². The quantitative estimate of drug-likeness (QED) is 0.142. The molecule has 0 bridgehead atoms. The van der Waals surface area contributed by atoms with Crippen molar-refractivity contribution in [3.05, 3.63) is 338 Å². The van der Waals surface area contributed by atoms with Crippen LogP contribution in [0.4, 0.5) is 34.1 Å². The van der Waals surface area contributed by atoms with Gasteiger partial charge in [-0.05, 0) is 168 Å². The van der Waals surface area contributed by atoms with Gasteiger partial charge in [-0.3, -0.25) is 0 Å². The Balaban J connectivity index is 0.000000141. The Hall–Kier alpha value is -10.6. The second kappa shape index (κ2) is 22.1. The molecule has 16 aromatic rings. The van der Waals surface area contributed by atoms with Crippen LogP contribution in [0.3, 0.4) is 0 Å². The SMILES string of the molecule is CC1(C)c2ccccc2-c2c1ccc1sc3c(N(c4ccc(-c5ccccc5)cc4)c4ccc(-c5ccccc5)cc4)cccc3c21.CC1(C)c2ccccc2-c2c1ccc1sc3c(N(c4ccccc4)c4ccc(-c5ccc6ccccc6c5)cc4)cccc3c21. The van der Waals surface area contributed by atoms with Gasteiger partial charge in [-0.1, -0.05) is 264 Å². The summed E-state index contributed by atoms with van der Waals surface area (Å²) in [5.74, 6) is 0. The molecule has 2 aliphatic rings. The van der Waals surface area contributed by atoms with Gasteiger partial charge in [0.25, 0.3) is 0 Å². The van der Waals surface area contributed by atoms with Crippen molar-refractivity contribution in [3.8, 4) is 55.6 Å². The molecule has 0 amide bonds. The van der Waals surface area contributed by atoms with Crippen LogP contribution in [0, 0.1) is 0 Å². The number of benzene rings is 14. The average Bonchev–Trinajstić information content (AvgIpc) is 1.56. The summed E-state index contributed by atoms with van der Waals surface area (Å²) < 4.78 is 5.28. The highest BCUT2D eigenvalue weighted by molar-refractivity contribution is 7.27. The highest BCUT2D eigenvalue weighted by atomic mass is 32.1. The van der Waals surface area contributed by atoms with Crippen molar-refractivity contribution in [3.63, 3.8) is 0 Å². The van der Waals surface area contributed by atoms with Crippen LogP contribution >= 0.6 is 22.7 Å². The van der Waals surface area contributed by atoms with E-state index in [-0.39, 0.29) is 10.8 Å². The molecule has 0 N–H and O–H groups in total. The number of nitrogens with zero attached hydrogens (tertiary/aromatic N) is 2. The number of anilines is 6. The zero-order valence-corrected chi connectivity index (χ0v) is 53.4. The molecule has 0 radical (unpaired) electrons. The topological polar surface area (TPSA) is 6.48 Å². The lowest BCUT2D eigenvalue weighted by atomic mass is 9.82. The van der Waals surface area contributed by atoms with E-state index in [0.29, 0.717) is 0 Å². The number of rotatable bonds is 9. The first-order valence-corrected chi connectivity index (χ1v) is 33.5. The van der Waals surface area contributed by atoms with E-state index in [1.807, 2.05) is 22.7 Å². The van der Waals surface area contributed by atoms with E-state index in [0.717, 1.165) is 22.7 Å². The van der Waals surface area contributed by atoms with Gasteiger partial charge in [0.05, 0.1) is 20.8 Å². The Bertz CT molecular complexity index is 5410. The van der Waals surface area contributed by atoms with Crippen molar-refractivity contribution in [2.45, 2.75) is 38.5 Å². The van der Waals surface area contributed by atoms with E-state index >= 15 is 0 Å². The Labute approximate surface area is 545 Å². The maximum absolute atomic E-state index is 2.43. The van der Waals surface area contributed by atoms with Gasteiger partial charge in [0.1, 0.15) is 0 Å². The van der Waals surface area contributed by atoms with E-state index in [4.69, 9.17) is 0 Å². The van der Waals surface area contributed by atoms with Crippen LogP contribution < -0.4 is 9.80 Å². The predicted octanol–water partition coefficient (Wildman–Crippen LogP) is 25.8. The van der Waals surface area contributed by atoms with Gasteiger partial charge < -0.3 is 9.80 Å². The lowest BCUT2D eigenvalue weighted by molar-refractivity contribution is 0.661. The molecule has 14 aromatic carbocycles. The van der Waals surface area contributed by atoms with E-state index in [1.165, 1.54) is 140 Å². The third kappa shape index (κ3) is 9.11. The molecule has 2 nitrogen and oxygen atoms in total. The maximum Gasteiger partial charge on any atom is 0.0640 e. The molecular weight excluding hydrogens is 1150 g/mol. The van der Waals surface area contributed by atoms with Crippen LogP contribution in [0.1, 0.15) is 49.9 Å². The molecule has 0 spiro atoms. The van der Waals surface area contributed by atoms with E-state index < -0.39 is 0 Å². The Morgan fingerprint density at radius 2 is 0.620 bits per heavy atom.